The summed E-state index contributed by atoms with van der Waals surface area (Å²) in [5, 5.41) is 16.0. The van der Waals surface area contributed by atoms with Gasteiger partial charge in [0.25, 0.3) is 5.08 Å². The molecule has 0 bridgehead atoms. The minimum atomic E-state index is -5.30. The number of benzene rings is 3. The van der Waals surface area contributed by atoms with E-state index in [1.165, 1.54) is 11.1 Å². The van der Waals surface area contributed by atoms with Crippen molar-refractivity contribution in [2.24, 2.45) is 5.73 Å². The summed E-state index contributed by atoms with van der Waals surface area (Å²) >= 11 is 0. The number of aliphatic hydroxyl groups is 1. The number of rotatable bonds is 13. The highest BCUT2D eigenvalue weighted by Crippen LogP contribution is 2.69. The quantitative estimate of drug-likeness (QED) is 0.104. The summed E-state index contributed by atoms with van der Waals surface area (Å²) in [6.45, 7) is 3.67. The Morgan fingerprint density at radius 2 is 1.44 bits per heavy atom. The summed E-state index contributed by atoms with van der Waals surface area (Å²) in [6, 6.07) is 26.2. The Bertz CT molecular complexity index is 1400. The molecule has 0 aromatic heterocycles. The van der Waals surface area contributed by atoms with Gasteiger partial charge in [-0.25, -0.2) is 0 Å². The Hall–Kier alpha value is -2.82. The molecule has 13 heteroatoms. The van der Waals surface area contributed by atoms with Crippen LogP contribution in [0.2, 0.25) is 0 Å². The molecule has 0 radical (unpaired) electrons. The van der Waals surface area contributed by atoms with Crippen LogP contribution in [0.4, 0.5) is 0 Å². The lowest BCUT2D eigenvalue weighted by atomic mass is 9.88. The second-order valence-corrected chi connectivity index (χ2v) is 14.1. The van der Waals surface area contributed by atoms with E-state index >= 15 is 0 Å². The number of phenolic OH excluding ortho intramolecular Hbond substituents is 1. The van der Waals surface area contributed by atoms with Crippen molar-refractivity contribution in [2.45, 2.75) is 31.3 Å². The van der Waals surface area contributed by atoms with Gasteiger partial charge in [-0.3, -0.25) is 9.13 Å². The standard InChI is InChI=1S/C26H29NO2.C4H13NO7P2/c1-4-25(20-9-6-5-7-10-20)26(22-11-8-12-23(28)19-22)21-13-15-24(16-14-21)29-18-17-27(2)3;5-3-1-2-4(6,13(7,8)9)14(10,11)12/h5-16,19,28H,4,17-18H2,1-3H3;6H,1-3,5H2,(H2,7,8,9)(H2,10,11,12)/b26-25+;. The fourth-order valence-corrected chi connectivity index (χ4v) is 6.46. The van der Waals surface area contributed by atoms with Gasteiger partial charge >= 0.3 is 15.2 Å². The van der Waals surface area contributed by atoms with Crippen molar-refractivity contribution in [3.8, 4) is 11.5 Å². The van der Waals surface area contributed by atoms with Gasteiger partial charge in [0.05, 0.1) is 0 Å². The van der Waals surface area contributed by atoms with E-state index in [2.05, 4.69) is 54.3 Å². The topological polar surface area (TPSA) is 194 Å². The van der Waals surface area contributed by atoms with E-state index in [-0.39, 0.29) is 18.7 Å². The fraction of sp³-hybridized carbons (Fsp3) is 0.333. The Morgan fingerprint density at radius 1 is 0.860 bits per heavy atom. The van der Waals surface area contributed by atoms with Gasteiger partial charge in [0.2, 0.25) is 0 Å². The summed E-state index contributed by atoms with van der Waals surface area (Å²) < 4.78 is 27.3. The molecule has 0 spiro atoms. The first-order valence-electron chi connectivity index (χ1n) is 13.6. The van der Waals surface area contributed by atoms with Gasteiger partial charge in [0.1, 0.15) is 18.1 Å². The molecular weight excluding hydrogens is 594 g/mol. The van der Waals surface area contributed by atoms with Crippen LogP contribution in [0, 0.1) is 0 Å². The molecular formula is C30H42N2O9P2. The summed E-state index contributed by atoms with van der Waals surface area (Å²) in [4.78, 5) is 36.6. The first-order chi connectivity index (χ1) is 20.1. The maximum atomic E-state index is 10.7. The van der Waals surface area contributed by atoms with Crippen LogP contribution in [0.1, 0.15) is 42.9 Å². The molecule has 0 unspecified atom stereocenters. The molecule has 43 heavy (non-hydrogen) atoms. The number of ether oxygens (including phenoxy) is 1. The largest absolute Gasteiger partial charge is 0.508 e. The highest BCUT2D eigenvalue weighted by Gasteiger charge is 2.58. The number of likely N-dealkylation sites (N-methyl/N-ethyl adjacent to an activating group) is 1. The molecule has 11 nitrogen and oxygen atoms in total. The zero-order valence-electron chi connectivity index (χ0n) is 24.6. The van der Waals surface area contributed by atoms with Crippen LogP contribution in [-0.4, -0.2) is 73.6 Å². The molecule has 0 atom stereocenters. The van der Waals surface area contributed by atoms with Crippen LogP contribution in [-0.2, 0) is 9.13 Å². The molecule has 0 saturated carbocycles. The zero-order valence-corrected chi connectivity index (χ0v) is 26.4. The van der Waals surface area contributed by atoms with Crippen LogP contribution < -0.4 is 10.5 Å². The van der Waals surface area contributed by atoms with Crippen molar-refractivity contribution in [1.82, 2.24) is 4.90 Å². The van der Waals surface area contributed by atoms with Crippen molar-refractivity contribution in [3.63, 3.8) is 0 Å². The summed E-state index contributed by atoms with van der Waals surface area (Å²) in [5.74, 6) is 1.13. The highest BCUT2D eigenvalue weighted by atomic mass is 31.2. The molecule has 0 aliphatic carbocycles. The van der Waals surface area contributed by atoms with E-state index < -0.39 is 26.7 Å². The fourth-order valence-electron chi connectivity index (χ4n) is 4.21. The van der Waals surface area contributed by atoms with Gasteiger partial charge in [-0.05, 0) is 85.6 Å². The van der Waals surface area contributed by atoms with Crippen LogP contribution in [0.3, 0.4) is 0 Å². The maximum absolute atomic E-state index is 10.7. The van der Waals surface area contributed by atoms with Crippen molar-refractivity contribution < 1.29 is 43.7 Å². The van der Waals surface area contributed by atoms with Crippen molar-refractivity contribution >= 4 is 26.3 Å². The van der Waals surface area contributed by atoms with Crippen molar-refractivity contribution in [2.75, 3.05) is 33.8 Å². The lowest BCUT2D eigenvalue weighted by molar-refractivity contribution is 0.121. The second kappa shape index (κ2) is 16.3. The Morgan fingerprint density at radius 3 is 1.93 bits per heavy atom. The Balaban J connectivity index is 0.000000391. The lowest BCUT2D eigenvalue weighted by Crippen LogP contribution is -2.29. The van der Waals surface area contributed by atoms with E-state index in [1.807, 2.05) is 44.4 Å². The van der Waals surface area contributed by atoms with E-state index in [1.54, 1.807) is 6.07 Å². The molecule has 0 aliphatic rings. The molecule has 3 aromatic carbocycles. The Labute approximate surface area is 252 Å². The summed E-state index contributed by atoms with van der Waals surface area (Å²) in [6.07, 6.45) is 0.0286. The van der Waals surface area contributed by atoms with Gasteiger partial charge in [0, 0.05) is 13.0 Å². The molecule has 0 amide bonds. The number of phenols is 1. The maximum Gasteiger partial charge on any atom is 0.369 e. The van der Waals surface area contributed by atoms with Gasteiger partial charge in [-0.1, -0.05) is 61.5 Å². The molecule has 3 rings (SSSR count). The third-order valence-electron chi connectivity index (χ3n) is 6.51. The monoisotopic (exact) mass is 636 g/mol. The molecule has 0 fully saturated rings. The molecule has 8 N–H and O–H groups in total. The van der Waals surface area contributed by atoms with Crippen LogP contribution in [0.25, 0.3) is 11.1 Å². The third kappa shape index (κ3) is 10.4. The number of allylic oxidation sites excluding steroid dienone is 1. The van der Waals surface area contributed by atoms with Crippen LogP contribution in [0.5, 0.6) is 11.5 Å². The number of nitrogens with zero attached hydrogens (tertiary/aromatic N) is 1. The molecule has 0 aliphatic heterocycles. The number of hydrogen-bond donors (Lipinski definition) is 7. The molecule has 236 valence electrons. The average molecular weight is 637 g/mol. The van der Waals surface area contributed by atoms with Gasteiger partial charge in [0.15, 0.2) is 0 Å². The Kier molecular flexibility index (Phi) is 13.8. The summed E-state index contributed by atoms with van der Waals surface area (Å²) in [5.41, 5.74) is 10.7. The summed E-state index contributed by atoms with van der Waals surface area (Å²) in [7, 11) is -6.53. The first kappa shape index (κ1) is 36.4. The molecule has 0 heterocycles. The predicted molar refractivity (Wildman–Crippen MR) is 169 cm³/mol. The normalized spacial score (nSPS) is 12.8. The SMILES string of the molecule is CC/C(=C(/c1ccc(OCCN(C)C)cc1)c1cccc(O)c1)c1ccccc1.NCCCC(O)(P(=O)(O)O)P(=O)(O)O. The van der Waals surface area contributed by atoms with Crippen molar-refractivity contribution in [3.05, 3.63) is 95.6 Å². The minimum absolute atomic E-state index is 0.0394. The van der Waals surface area contributed by atoms with E-state index in [0.717, 1.165) is 35.4 Å². The van der Waals surface area contributed by atoms with Crippen LogP contribution in [0.15, 0.2) is 78.9 Å². The van der Waals surface area contributed by atoms with Gasteiger partial charge in [-0.2, -0.15) is 0 Å². The zero-order chi connectivity index (χ0) is 32.3. The molecule has 0 saturated heterocycles. The number of hydrogen-bond acceptors (Lipinski definition) is 7. The lowest BCUT2D eigenvalue weighted by Gasteiger charge is -2.28. The number of aromatic hydroxyl groups is 1. The third-order valence-corrected chi connectivity index (χ3v) is 10.4. The minimum Gasteiger partial charge on any atom is -0.508 e. The number of nitrogens with two attached hydrogens (primary N) is 1. The predicted octanol–water partition coefficient (Wildman–Crippen LogP) is 4.43. The smallest absolute Gasteiger partial charge is 0.369 e. The van der Waals surface area contributed by atoms with E-state index in [4.69, 9.17) is 30.0 Å². The average Bonchev–Trinajstić information content (AvgIpc) is 2.94. The molecule has 3 aromatic rings. The van der Waals surface area contributed by atoms with Gasteiger partial charge in [-0.15, -0.1) is 0 Å². The van der Waals surface area contributed by atoms with Gasteiger partial charge < -0.3 is 45.2 Å². The second-order valence-electron chi connectivity index (χ2n) is 10.1. The first-order valence-corrected chi connectivity index (χ1v) is 16.9. The van der Waals surface area contributed by atoms with Crippen LogP contribution >= 0.6 is 15.2 Å². The van der Waals surface area contributed by atoms with E-state index in [9.17, 15) is 19.3 Å². The highest BCUT2D eigenvalue weighted by molar-refractivity contribution is 7.72. The van der Waals surface area contributed by atoms with Crippen molar-refractivity contribution in [1.29, 1.82) is 0 Å². The van der Waals surface area contributed by atoms with E-state index in [0.29, 0.717) is 6.61 Å².